The smallest absolute Gasteiger partial charge is 0.176 e. The summed E-state index contributed by atoms with van der Waals surface area (Å²) in [5.41, 5.74) is 0.772. The maximum Gasteiger partial charge on any atom is 0.176 e. The second-order valence-corrected chi connectivity index (χ2v) is 4.90. The first kappa shape index (κ1) is 14.9. The van der Waals surface area contributed by atoms with Gasteiger partial charge in [-0.15, -0.1) is 0 Å². The Balaban J connectivity index is 1.72. The lowest BCUT2D eigenvalue weighted by Crippen LogP contribution is -2.20. The fourth-order valence-electron chi connectivity index (χ4n) is 1.96. The zero-order valence-corrected chi connectivity index (χ0v) is 13.1. The van der Waals surface area contributed by atoms with E-state index in [-0.39, 0.29) is 0 Å². The average molecular weight is 326 g/mol. The minimum absolute atomic E-state index is 0.402. The molecule has 116 valence electrons. The molecule has 1 aromatic carbocycles. The fourth-order valence-corrected chi connectivity index (χ4v) is 2.18. The second kappa shape index (κ2) is 6.84. The number of hydrogen-bond acceptors (Lipinski definition) is 5. The Bertz CT molecular complexity index is 805. The van der Waals surface area contributed by atoms with Crippen LogP contribution in [0.25, 0.3) is 5.82 Å². The zero-order valence-electron chi connectivity index (χ0n) is 12.3. The average Bonchev–Trinajstić information content (AvgIpc) is 3.10. The number of anilines is 2. The van der Waals surface area contributed by atoms with Crippen LogP contribution in [-0.4, -0.2) is 32.0 Å². The molecule has 0 bridgehead atoms. The first-order valence-corrected chi connectivity index (χ1v) is 7.20. The zero-order chi connectivity index (χ0) is 16.1. The fraction of sp³-hybridized carbons (Fsp3) is 0.0667. The highest BCUT2D eigenvalue weighted by Gasteiger charge is 2.06. The molecule has 0 radical (unpaired) electrons. The van der Waals surface area contributed by atoms with Gasteiger partial charge in [0, 0.05) is 18.5 Å². The minimum atomic E-state index is 0.402. The standard InChI is InChI=1S/C15H14N6OS/c1-22-12-6-3-2-5-11(12)19-15(23)20-13-9-14(17-10-16-13)21-8-4-7-18-21/h2-10H,1H3,(H2,16,17,19,20,23). The van der Waals surface area contributed by atoms with Gasteiger partial charge in [-0.1, -0.05) is 12.1 Å². The van der Waals surface area contributed by atoms with Crippen LogP contribution in [0.15, 0.2) is 55.1 Å². The molecule has 0 unspecified atom stereocenters. The molecule has 2 heterocycles. The molecule has 23 heavy (non-hydrogen) atoms. The van der Waals surface area contributed by atoms with E-state index in [1.54, 1.807) is 30.3 Å². The third kappa shape index (κ3) is 3.61. The number of benzene rings is 1. The SMILES string of the molecule is COc1ccccc1NC(=S)Nc1cc(-n2cccn2)ncn1. The molecule has 0 spiro atoms. The normalized spacial score (nSPS) is 10.1. The lowest BCUT2D eigenvalue weighted by atomic mass is 10.3. The number of para-hydroxylation sites is 2. The van der Waals surface area contributed by atoms with Crippen LogP contribution in [0.1, 0.15) is 0 Å². The number of methoxy groups -OCH3 is 1. The summed E-state index contributed by atoms with van der Waals surface area (Å²) in [6, 6.07) is 11.1. The molecule has 2 N–H and O–H groups in total. The van der Waals surface area contributed by atoms with Crippen LogP contribution >= 0.6 is 12.2 Å². The van der Waals surface area contributed by atoms with Gasteiger partial charge in [-0.3, -0.25) is 0 Å². The predicted octanol–water partition coefficient (Wildman–Crippen LogP) is 2.48. The number of ether oxygens (including phenoxy) is 1. The first-order chi connectivity index (χ1) is 11.3. The number of nitrogens with one attached hydrogen (secondary N) is 2. The molecular formula is C15H14N6OS. The summed E-state index contributed by atoms with van der Waals surface area (Å²) in [7, 11) is 1.61. The van der Waals surface area contributed by atoms with E-state index in [0.717, 1.165) is 5.69 Å². The molecule has 3 aromatic rings. The van der Waals surface area contributed by atoms with E-state index in [9.17, 15) is 0 Å². The molecule has 0 atom stereocenters. The lowest BCUT2D eigenvalue weighted by molar-refractivity contribution is 0.417. The van der Waals surface area contributed by atoms with Gasteiger partial charge in [-0.05, 0) is 30.4 Å². The molecule has 7 nitrogen and oxygen atoms in total. The molecule has 0 saturated heterocycles. The van der Waals surface area contributed by atoms with Gasteiger partial charge in [0.05, 0.1) is 12.8 Å². The van der Waals surface area contributed by atoms with E-state index >= 15 is 0 Å². The third-order valence-corrected chi connectivity index (χ3v) is 3.19. The third-order valence-electron chi connectivity index (χ3n) is 2.99. The van der Waals surface area contributed by atoms with Crippen LogP contribution in [-0.2, 0) is 0 Å². The quantitative estimate of drug-likeness (QED) is 0.713. The van der Waals surface area contributed by atoms with E-state index < -0.39 is 0 Å². The van der Waals surface area contributed by atoms with Crippen molar-refractivity contribution in [2.45, 2.75) is 0 Å². The Labute approximate surface area is 138 Å². The van der Waals surface area contributed by atoms with Crippen molar-refractivity contribution in [3.05, 3.63) is 55.1 Å². The van der Waals surface area contributed by atoms with Crippen LogP contribution in [0.3, 0.4) is 0 Å². The maximum absolute atomic E-state index is 5.31. The number of rotatable bonds is 4. The van der Waals surface area contributed by atoms with Crippen molar-refractivity contribution in [1.82, 2.24) is 19.7 Å². The van der Waals surface area contributed by atoms with Crippen molar-refractivity contribution in [1.29, 1.82) is 0 Å². The Hall–Kier alpha value is -3.00. The summed E-state index contributed by atoms with van der Waals surface area (Å²) in [4.78, 5) is 8.32. The van der Waals surface area contributed by atoms with E-state index in [2.05, 4.69) is 25.7 Å². The predicted molar refractivity (Wildman–Crippen MR) is 92.0 cm³/mol. The maximum atomic E-state index is 5.31. The van der Waals surface area contributed by atoms with Gasteiger partial charge >= 0.3 is 0 Å². The second-order valence-electron chi connectivity index (χ2n) is 4.49. The van der Waals surface area contributed by atoms with E-state index in [1.807, 2.05) is 30.3 Å². The van der Waals surface area contributed by atoms with Crippen LogP contribution in [0, 0.1) is 0 Å². The van der Waals surface area contributed by atoms with Crippen LogP contribution < -0.4 is 15.4 Å². The summed E-state index contributed by atoms with van der Waals surface area (Å²) in [6.45, 7) is 0. The molecular weight excluding hydrogens is 312 g/mol. The van der Waals surface area contributed by atoms with Gasteiger partial charge < -0.3 is 15.4 Å². The van der Waals surface area contributed by atoms with Gasteiger partial charge in [0.25, 0.3) is 0 Å². The van der Waals surface area contributed by atoms with Gasteiger partial charge in [-0.25, -0.2) is 14.6 Å². The monoisotopic (exact) mass is 326 g/mol. The van der Waals surface area contributed by atoms with E-state index in [1.165, 1.54) is 6.33 Å². The summed E-state index contributed by atoms with van der Waals surface area (Å²) < 4.78 is 6.92. The van der Waals surface area contributed by atoms with Crippen molar-refractivity contribution in [2.24, 2.45) is 0 Å². The number of thiocarbonyl (C=S) groups is 1. The topological polar surface area (TPSA) is 76.9 Å². The molecule has 2 aromatic heterocycles. The van der Waals surface area contributed by atoms with Crippen molar-refractivity contribution in [2.75, 3.05) is 17.7 Å². The van der Waals surface area contributed by atoms with Gasteiger partial charge in [0.2, 0.25) is 0 Å². The lowest BCUT2D eigenvalue weighted by Gasteiger charge is -2.13. The molecule has 3 rings (SSSR count). The molecule has 0 aliphatic heterocycles. The molecule has 0 fully saturated rings. The Morgan fingerprint density at radius 3 is 2.83 bits per heavy atom. The van der Waals surface area contributed by atoms with Gasteiger partial charge in [0.1, 0.15) is 17.9 Å². The highest BCUT2D eigenvalue weighted by atomic mass is 32.1. The van der Waals surface area contributed by atoms with Crippen LogP contribution in [0.4, 0.5) is 11.5 Å². The highest BCUT2D eigenvalue weighted by molar-refractivity contribution is 7.80. The molecule has 0 aliphatic rings. The summed E-state index contributed by atoms with van der Waals surface area (Å²) in [5, 5.41) is 10.6. The Morgan fingerprint density at radius 2 is 2.04 bits per heavy atom. The largest absolute Gasteiger partial charge is 0.495 e. The molecule has 8 heteroatoms. The number of hydrogen-bond donors (Lipinski definition) is 2. The number of nitrogens with zero attached hydrogens (tertiary/aromatic N) is 4. The van der Waals surface area contributed by atoms with Crippen LogP contribution in [0.5, 0.6) is 5.75 Å². The van der Waals surface area contributed by atoms with Gasteiger partial charge in [-0.2, -0.15) is 5.10 Å². The molecule has 0 aliphatic carbocycles. The van der Waals surface area contributed by atoms with Crippen LogP contribution in [0.2, 0.25) is 0 Å². The van der Waals surface area contributed by atoms with Crippen molar-refractivity contribution < 1.29 is 4.74 Å². The summed E-state index contributed by atoms with van der Waals surface area (Å²) in [5.74, 6) is 1.92. The van der Waals surface area contributed by atoms with Crippen molar-refractivity contribution in [3.63, 3.8) is 0 Å². The van der Waals surface area contributed by atoms with Crippen molar-refractivity contribution >= 4 is 28.8 Å². The molecule has 0 saturated carbocycles. The Kier molecular flexibility index (Phi) is 4.44. The minimum Gasteiger partial charge on any atom is -0.495 e. The summed E-state index contributed by atoms with van der Waals surface area (Å²) in [6.07, 6.45) is 4.94. The number of aromatic nitrogens is 4. The van der Waals surface area contributed by atoms with Crippen molar-refractivity contribution in [3.8, 4) is 11.6 Å². The Morgan fingerprint density at radius 1 is 1.17 bits per heavy atom. The van der Waals surface area contributed by atoms with Gasteiger partial charge in [0.15, 0.2) is 10.9 Å². The summed E-state index contributed by atoms with van der Waals surface area (Å²) >= 11 is 5.31. The highest BCUT2D eigenvalue weighted by Crippen LogP contribution is 2.23. The first-order valence-electron chi connectivity index (χ1n) is 6.79. The van der Waals surface area contributed by atoms with E-state index in [0.29, 0.717) is 22.5 Å². The van der Waals surface area contributed by atoms with E-state index in [4.69, 9.17) is 17.0 Å². The molecule has 0 amide bonds.